The normalized spacial score (nSPS) is 13.8. The Morgan fingerprint density at radius 2 is 2.00 bits per heavy atom. The molecule has 3 nitrogen and oxygen atoms in total. The summed E-state index contributed by atoms with van der Waals surface area (Å²) in [5, 5.41) is 12.2. The van der Waals surface area contributed by atoms with Gasteiger partial charge < -0.3 is 10.4 Å². The molecule has 0 saturated carbocycles. The van der Waals surface area contributed by atoms with Gasteiger partial charge in [0.25, 0.3) is 0 Å². The molecule has 0 heterocycles. The van der Waals surface area contributed by atoms with E-state index in [0.29, 0.717) is 6.54 Å². The molecule has 0 aliphatic carbocycles. The van der Waals surface area contributed by atoms with Gasteiger partial charge in [-0.05, 0) is 26.7 Å². The van der Waals surface area contributed by atoms with Gasteiger partial charge in [0.2, 0.25) is 5.91 Å². The van der Waals surface area contributed by atoms with Crippen LogP contribution in [0.4, 0.5) is 0 Å². The lowest BCUT2D eigenvalue weighted by molar-refractivity contribution is -0.126. The third-order valence-corrected chi connectivity index (χ3v) is 2.20. The highest BCUT2D eigenvalue weighted by atomic mass is 16.3. The van der Waals surface area contributed by atoms with E-state index < -0.39 is 5.60 Å². The van der Waals surface area contributed by atoms with Crippen LogP contribution in [0.25, 0.3) is 0 Å². The van der Waals surface area contributed by atoms with Crippen molar-refractivity contribution in [3.8, 4) is 0 Å². The Bertz CT molecular complexity index is 173. The summed E-state index contributed by atoms with van der Waals surface area (Å²) in [5.74, 6) is 0.166. The molecule has 1 amide bonds. The van der Waals surface area contributed by atoms with Crippen molar-refractivity contribution in [3.05, 3.63) is 0 Å². The van der Waals surface area contributed by atoms with E-state index in [4.69, 9.17) is 0 Å². The third-order valence-electron chi connectivity index (χ3n) is 2.20. The largest absolute Gasteiger partial charge is 0.389 e. The van der Waals surface area contributed by atoms with Crippen molar-refractivity contribution in [1.82, 2.24) is 5.32 Å². The molecule has 0 saturated heterocycles. The van der Waals surface area contributed by atoms with Crippen LogP contribution in [-0.4, -0.2) is 23.2 Å². The molecule has 0 aromatic heterocycles. The molecule has 0 bridgehead atoms. The van der Waals surface area contributed by atoms with Crippen molar-refractivity contribution >= 4 is 5.91 Å². The molecule has 14 heavy (non-hydrogen) atoms. The minimum absolute atomic E-state index is 0.0662. The monoisotopic (exact) mass is 201 g/mol. The first kappa shape index (κ1) is 13.4. The number of carbonyl (C=O) groups excluding carboxylic acids is 1. The van der Waals surface area contributed by atoms with Crippen LogP contribution in [0, 0.1) is 5.92 Å². The van der Waals surface area contributed by atoms with Crippen LogP contribution >= 0.6 is 0 Å². The van der Waals surface area contributed by atoms with Gasteiger partial charge in [-0.25, -0.2) is 0 Å². The Hall–Kier alpha value is -0.570. The van der Waals surface area contributed by atoms with E-state index in [1.807, 2.05) is 6.92 Å². The smallest absolute Gasteiger partial charge is 0.223 e. The summed E-state index contributed by atoms with van der Waals surface area (Å²) in [6.07, 6.45) is 2.81. The van der Waals surface area contributed by atoms with E-state index in [9.17, 15) is 9.90 Å². The number of hydrogen-bond donors (Lipinski definition) is 2. The van der Waals surface area contributed by atoms with Crippen LogP contribution in [0.5, 0.6) is 0 Å². The van der Waals surface area contributed by atoms with Crippen LogP contribution in [-0.2, 0) is 4.79 Å². The van der Waals surface area contributed by atoms with Crippen LogP contribution in [0.1, 0.15) is 47.0 Å². The molecular formula is C11H23NO2. The van der Waals surface area contributed by atoms with Crippen molar-refractivity contribution in [2.24, 2.45) is 5.92 Å². The van der Waals surface area contributed by atoms with Crippen LogP contribution in [0.15, 0.2) is 0 Å². The van der Waals surface area contributed by atoms with Crippen LogP contribution < -0.4 is 5.32 Å². The minimum atomic E-state index is -0.819. The molecule has 2 N–H and O–H groups in total. The quantitative estimate of drug-likeness (QED) is 0.687. The lowest BCUT2D eigenvalue weighted by Gasteiger charge is -2.20. The maximum absolute atomic E-state index is 11.6. The van der Waals surface area contributed by atoms with Gasteiger partial charge in [-0.2, -0.15) is 0 Å². The van der Waals surface area contributed by atoms with E-state index in [1.54, 1.807) is 13.8 Å². The van der Waals surface area contributed by atoms with E-state index in [0.717, 1.165) is 19.3 Å². The summed E-state index contributed by atoms with van der Waals surface area (Å²) >= 11 is 0. The third kappa shape index (κ3) is 5.97. The average molecular weight is 201 g/mol. The lowest BCUT2D eigenvalue weighted by Crippen LogP contribution is -2.40. The van der Waals surface area contributed by atoms with Gasteiger partial charge in [0.15, 0.2) is 0 Å². The summed E-state index contributed by atoms with van der Waals surface area (Å²) < 4.78 is 0. The molecule has 0 unspecified atom stereocenters. The Morgan fingerprint density at radius 1 is 1.43 bits per heavy atom. The van der Waals surface area contributed by atoms with Crippen molar-refractivity contribution in [2.75, 3.05) is 6.54 Å². The van der Waals surface area contributed by atoms with Gasteiger partial charge in [-0.1, -0.05) is 20.3 Å². The molecule has 0 aliphatic heterocycles. The number of amides is 1. The molecule has 0 radical (unpaired) electrons. The maximum Gasteiger partial charge on any atom is 0.223 e. The summed E-state index contributed by atoms with van der Waals surface area (Å²) in [6, 6.07) is 0. The van der Waals surface area contributed by atoms with Gasteiger partial charge >= 0.3 is 0 Å². The topological polar surface area (TPSA) is 49.3 Å². The highest BCUT2D eigenvalue weighted by molar-refractivity contribution is 5.78. The fourth-order valence-electron chi connectivity index (χ4n) is 1.32. The molecule has 84 valence electrons. The first-order valence-electron chi connectivity index (χ1n) is 5.40. The first-order valence-corrected chi connectivity index (χ1v) is 5.40. The van der Waals surface area contributed by atoms with Crippen LogP contribution in [0.3, 0.4) is 0 Å². The van der Waals surface area contributed by atoms with Gasteiger partial charge in [-0.3, -0.25) is 4.79 Å². The number of carbonyl (C=O) groups is 1. The molecule has 0 spiro atoms. The Morgan fingerprint density at radius 3 is 2.36 bits per heavy atom. The molecule has 0 aromatic rings. The fourth-order valence-corrected chi connectivity index (χ4v) is 1.32. The fraction of sp³-hybridized carbons (Fsp3) is 0.909. The number of nitrogens with one attached hydrogen (secondary N) is 1. The zero-order valence-corrected chi connectivity index (χ0v) is 9.76. The number of rotatable bonds is 6. The Labute approximate surface area is 86.9 Å². The van der Waals surface area contributed by atoms with E-state index in [-0.39, 0.29) is 11.8 Å². The molecule has 3 heteroatoms. The highest BCUT2D eigenvalue weighted by Gasteiger charge is 2.18. The zero-order chi connectivity index (χ0) is 11.2. The molecule has 0 fully saturated rings. The van der Waals surface area contributed by atoms with E-state index >= 15 is 0 Å². The summed E-state index contributed by atoms with van der Waals surface area (Å²) in [6.45, 7) is 7.80. The van der Waals surface area contributed by atoms with Crippen LogP contribution in [0.2, 0.25) is 0 Å². The molecule has 0 aromatic carbocycles. The summed E-state index contributed by atoms with van der Waals surface area (Å²) in [7, 11) is 0. The van der Waals surface area contributed by atoms with Crippen molar-refractivity contribution < 1.29 is 9.90 Å². The van der Waals surface area contributed by atoms with Crippen molar-refractivity contribution in [1.29, 1.82) is 0 Å². The standard InChI is InChI=1S/C11H23NO2/c1-5-7-9(6-2)10(13)12-8-11(3,4)14/h9,14H,5-8H2,1-4H3,(H,12,13)/t9-/m0/s1. The van der Waals surface area contributed by atoms with Gasteiger partial charge in [-0.15, -0.1) is 0 Å². The summed E-state index contributed by atoms with van der Waals surface area (Å²) in [4.78, 5) is 11.6. The SMILES string of the molecule is CCC[C@H](CC)C(=O)NCC(C)(C)O. The van der Waals surface area contributed by atoms with Crippen molar-refractivity contribution in [2.45, 2.75) is 52.6 Å². The molecule has 1 atom stereocenters. The molecular weight excluding hydrogens is 178 g/mol. The second-order valence-electron chi connectivity index (χ2n) is 4.42. The molecule has 0 aliphatic rings. The van der Waals surface area contributed by atoms with Gasteiger partial charge in [0.05, 0.1) is 5.60 Å². The predicted molar refractivity (Wildman–Crippen MR) is 58.0 cm³/mol. The Balaban J connectivity index is 3.93. The number of hydrogen-bond acceptors (Lipinski definition) is 2. The first-order chi connectivity index (χ1) is 6.40. The second kappa shape index (κ2) is 6.02. The highest BCUT2D eigenvalue weighted by Crippen LogP contribution is 2.11. The predicted octanol–water partition coefficient (Wildman–Crippen LogP) is 1.70. The number of aliphatic hydroxyl groups is 1. The Kier molecular flexibility index (Phi) is 5.77. The second-order valence-corrected chi connectivity index (χ2v) is 4.42. The summed E-state index contributed by atoms with van der Waals surface area (Å²) in [5.41, 5.74) is -0.819. The maximum atomic E-state index is 11.6. The van der Waals surface area contributed by atoms with E-state index in [2.05, 4.69) is 12.2 Å². The van der Waals surface area contributed by atoms with Gasteiger partial charge in [0.1, 0.15) is 0 Å². The van der Waals surface area contributed by atoms with Gasteiger partial charge in [0, 0.05) is 12.5 Å². The van der Waals surface area contributed by atoms with E-state index in [1.165, 1.54) is 0 Å². The molecule has 0 rings (SSSR count). The lowest BCUT2D eigenvalue weighted by atomic mass is 9.99. The zero-order valence-electron chi connectivity index (χ0n) is 9.76. The average Bonchev–Trinajstić information content (AvgIpc) is 2.09. The minimum Gasteiger partial charge on any atom is -0.389 e. The van der Waals surface area contributed by atoms with Crippen molar-refractivity contribution in [3.63, 3.8) is 0 Å².